The predicted molar refractivity (Wildman–Crippen MR) is 93.3 cm³/mol. The van der Waals surface area contributed by atoms with E-state index in [0.29, 0.717) is 29.9 Å². The minimum atomic E-state index is -0.457. The molecule has 0 aliphatic carbocycles. The largest absolute Gasteiger partial charge is 0.469 e. The smallest absolute Gasteiger partial charge is 0.310 e. The van der Waals surface area contributed by atoms with Gasteiger partial charge < -0.3 is 14.6 Å². The summed E-state index contributed by atoms with van der Waals surface area (Å²) in [5.41, 5.74) is 3.23. The summed E-state index contributed by atoms with van der Waals surface area (Å²) in [6.07, 6.45) is 1.10. The van der Waals surface area contributed by atoms with Crippen LogP contribution in [0.2, 0.25) is 0 Å². The molecule has 0 spiro atoms. The van der Waals surface area contributed by atoms with Crippen molar-refractivity contribution >= 4 is 11.9 Å². The minimum Gasteiger partial charge on any atom is -0.469 e. The van der Waals surface area contributed by atoms with Gasteiger partial charge in [0, 0.05) is 6.54 Å². The Morgan fingerprint density at radius 2 is 1.92 bits per heavy atom. The Bertz CT molecular complexity index is 734. The van der Waals surface area contributed by atoms with Gasteiger partial charge in [0.1, 0.15) is 11.3 Å². The lowest BCUT2D eigenvalue weighted by Gasteiger charge is -2.16. The molecule has 0 saturated heterocycles. The van der Waals surface area contributed by atoms with E-state index in [1.807, 2.05) is 38.1 Å². The molecule has 0 radical (unpaired) electrons. The number of nitrogens with zero attached hydrogens (tertiary/aromatic N) is 1. The average Bonchev–Trinajstić information content (AvgIpc) is 3.00. The zero-order valence-electron chi connectivity index (χ0n) is 15.1. The molecule has 0 unspecified atom stereocenters. The van der Waals surface area contributed by atoms with Crippen LogP contribution >= 0.6 is 0 Å². The van der Waals surface area contributed by atoms with Gasteiger partial charge in [0.15, 0.2) is 0 Å². The van der Waals surface area contributed by atoms with Crippen molar-refractivity contribution in [2.45, 2.75) is 33.6 Å². The quantitative estimate of drug-likeness (QED) is 0.781. The number of nitrogens with one attached hydrogen (secondary N) is 1. The fraction of sp³-hybridized carbons (Fsp3) is 0.421. The lowest BCUT2D eigenvalue weighted by atomic mass is 9.98. The third kappa shape index (κ3) is 4.68. The number of rotatable bonds is 7. The molecule has 0 aliphatic rings. The number of methoxy groups -OCH3 is 1. The maximum Gasteiger partial charge on any atom is 0.310 e. The highest BCUT2D eigenvalue weighted by Crippen LogP contribution is 2.15. The highest BCUT2D eigenvalue weighted by Gasteiger charge is 2.24. The molecule has 2 rings (SSSR count). The molecule has 25 heavy (non-hydrogen) atoms. The molecular formula is C19H24N2O4. The second-order valence-corrected chi connectivity index (χ2v) is 6.03. The molecule has 1 N–H and O–H groups in total. The van der Waals surface area contributed by atoms with Crippen molar-refractivity contribution in [3.05, 3.63) is 52.4 Å². The number of aromatic nitrogens is 1. The third-order valence-electron chi connectivity index (χ3n) is 4.14. The van der Waals surface area contributed by atoms with Crippen molar-refractivity contribution in [2.24, 2.45) is 5.92 Å². The number of hydrogen-bond acceptors (Lipinski definition) is 5. The highest BCUT2D eigenvalue weighted by atomic mass is 16.5. The van der Waals surface area contributed by atoms with E-state index >= 15 is 0 Å². The van der Waals surface area contributed by atoms with Gasteiger partial charge in [0.25, 0.3) is 5.91 Å². The second-order valence-electron chi connectivity index (χ2n) is 6.03. The second kappa shape index (κ2) is 8.46. The lowest BCUT2D eigenvalue weighted by Crippen LogP contribution is -2.35. The Hall–Kier alpha value is -2.63. The van der Waals surface area contributed by atoms with E-state index in [9.17, 15) is 9.59 Å². The Balaban J connectivity index is 2.07. The molecular weight excluding hydrogens is 320 g/mol. The van der Waals surface area contributed by atoms with Gasteiger partial charge >= 0.3 is 5.97 Å². The van der Waals surface area contributed by atoms with Crippen molar-refractivity contribution in [2.75, 3.05) is 13.7 Å². The van der Waals surface area contributed by atoms with E-state index in [4.69, 9.17) is 9.26 Å². The van der Waals surface area contributed by atoms with Crippen molar-refractivity contribution < 1.29 is 18.8 Å². The van der Waals surface area contributed by atoms with E-state index in [-0.39, 0.29) is 18.4 Å². The van der Waals surface area contributed by atoms with Gasteiger partial charge in [-0.25, -0.2) is 0 Å². The molecule has 6 heteroatoms. The maximum atomic E-state index is 12.5. The molecule has 0 fully saturated rings. The number of amides is 1. The van der Waals surface area contributed by atoms with E-state index in [1.165, 1.54) is 7.11 Å². The summed E-state index contributed by atoms with van der Waals surface area (Å²) in [4.78, 5) is 24.5. The third-order valence-corrected chi connectivity index (χ3v) is 4.14. The number of aryl methyl sites for hydroxylation is 3. The summed E-state index contributed by atoms with van der Waals surface area (Å²) in [7, 11) is 1.35. The normalized spacial score (nSPS) is 11.8. The van der Waals surface area contributed by atoms with Crippen LogP contribution in [0.4, 0.5) is 0 Å². The van der Waals surface area contributed by atoms with Gasteiger partial charge in [-0.3, -0.25) is 9.59 Å². The van der Waals surface area contributed by atoms with Crippen molar-refractivity contribution in [1.29, 1.82) is 0 Å². The van der Waals surface area contributed by atoms with Crippen LogP contribution in [0.15, 0.2) is 28.8 Å². The van der Waals surface area contributed by atoms with Crippen LogP contribution in [-0.4, -0.2) is 30.7 Å². The SMILES string of the molecule is CCc1noc(C)c1C(=O)NC[C@H](Cc1ccc(C)cc1)C(=O)OC. The Kier molecular flexibility index (Phi) is 6.33. The first-order chi connectivity index (χ1) is 12.0. The Morgan fingerprint density at radius 1 is 1.24 bits per heavy atom. The number of benzene rings is 1. The number of carbonyl (C=O) groups is 2. The summed E-state index contributed by atoms with van der Waals surface area (Å²) in [5, 5.41) is 6.69. The summed E-state index contributed by atoms with van der Waals surface area (Å²) >= 11 is 0. The van der Waals surface area contributed by atoms with Crippen molar-refractivity contribution in [3.8, 4) is 0 Å². The van der Waals surface area contributed by atoms with Crippen molar-refractivity contribution in [3.63, 3.8) is 0 Å². The summed E-state index contributed by atoms with van der Waals surface area (Å²) in [5.74, 6) is -0.614. The van der Waals surface area contributed by atoms with Gasteiger partial charge in [-0.05, 0) is 32.3 Å². The lowest BCUT2D eigenvalue weighted by molar-refractivity contribution is -0.145. The van der Waals surface area contributed by atoms with Gasteiger partial charge in [0.05, 0.1) is 18.7 Å². The van der Waals surface area contributed by atoms with Crippen LogP contribution in [0.3, 0.4) is 0 Å². The van der Waals surface area contributed by atoms with Gasteiger partial charge in [-0.2, -0.15) is 0 Å². The molecule has 0 bridgehead atoms. The number of ether oxygens (including phenoxy) is 1. The number of hydrogen-bond donors (Lipinski definition) is 1. The fourth-order valence-electron chi connectivity index (χ4n) is 2.67. The molecule has 1 atom stereocenters. The van der Waals surface area contributed by atoms with Crippen molar-refractivity contribution in [1.82, 2.24) is 10.5 Å². The Labute approximate surface area is 147 Å². The van der Waals surface area contributed by atoms with Gasteiger partial charge in [-0.15, -0.1) is 0 Å². The molecule has 1 aromatic heterocycles. The van der Waals surface area contributed by atoms with Crippen LogP contribution < -0.4 is 5.32 Å². The van der Waals surface area contributed by atoms with Crippen LogP contribution in [0.25, 0.3) is 0 Å². The first kappa shape index (κ1) is 18.7. The highest BCUT2D eigenvalue weighted by molar-refractivity contribution is 5.96. The summed E-state index contributed by atoms with van der Waals surface area (Å²) < 4.78 is 9.97. The van der Waals surface area contributed by atoms with Gasteiger partial charge in [0.2, 0.25) is 0 Å². The summed E-state index contributed by atoms with van der Waals surface area (Å²) in [6, 6.07) is 7.95. The van der Waals surface area contributed by atoms with E-state index in [0.717, 1.165) is 11.1 Å². The molecule has 0 saturated carbocycles. The molecule has 6 nitrogen and oxygen atoms in total. The fourth-order valence-corrected chi connectivity index (χ4v) is 2.67. The van der Waals surface area contributed by atoms with Gasteiger partial charge in [-0.1, -0.05) is 41.9 Å². The Morgan fingerprint density at radius 3 is 2.52 bits per heavy atom. The molecule has 134 valence electrons. The first-order valence-electron chi connectivity index (χ1n) is 8.33. The standard InChI is InChI=1S/C19H24N2O4/c1-5-16-17(13(3)25-21-16)18(22)20-11-15(19(23)24-4)10-14-8-6-12(2)7-9-14/h6-9,15H,5,10-11H2,1-4H3,(H,20,22)/t15-/m0/s1. The van der Waals surface area contributed by atoms with E-state index in [1.54, 1.807) is 6.92 Å². The number of esters is 1. The number of carbonyl (C=O) groups excluding carboxylic acids is 2. The molecule has 1 heterocycles. The first-order valence-corrected chi connectivity index (χ1v) is 8.33. The topological polar surface area (TPSA) is 81.4 Å². The zero-order valence-corrected chi connectivity index (χ0v) is 15.1. The minimum absolute atomic E-state index is 0.188. The molecule has 1 amide bonds. The van der Waals surface area contributed by atoms with E-state index < -0.39 is 5.92 Å². The van der Waals surface area contributed by atoms with Crippen LogP contribution in [0.5, 0.6) is 0 Å². The van der Waals surface area contributed by atoms with Crippen LogP contribution in [0, 0.1) is 19.8 Å². The molecule has 0 aliphatic heterocycles. The van der Waals surface area contributed by atoms with Crippen LogP contribution in [-0.2, 0) is 22.4 Å². The molecule has 2 aromatic rings. The molecule has 1 aromatic carbocycles. The zero-order chi connectivity index (χ0) is 18.4. The van der Waals surface area contributed by atoms with E-state index in [2.05, 4.69) is 10.5 Å². The van der Waals surface area contributed by atoms with Crippen LogP contribution in [0.1, 0.15) is 39.9 Å². The summed E-state index contributed by atoms with van der Waals surface area (Å²) in [6.45, 7) is 5.80. The maximum absolute atomic E-state index is 12.5. The predicted octanol–water partition coefficient (Wildman–Crippen LogP) is 2.62. The average molecular weight is 344 g/mol. The monoisotopic (exact) mass is 344 g/mol.